The summed E-state index contributed by atoms with van der Waals surface area (Å²) in [6.45, 7) is 3.91. The molecule has 1 aliphatic heterocycles. The lowest BCUT2D eigenvalue weighted by Crippen LogP contribution is -2.51. The van der Waals surface area contributed by atoms with Crippen molar-refractivity contribution in [3.8, 4) is 0 Å². The van der Waals surface area contributed by atoms with E-state index in [0.717, 1.165) is 38.2 Å². The summed E-state index contributed by atoms with van der Waals surface area (Å²) in [7, 11) is 0. The molecular formula is C13H19FN2O. The molecule has 0 saturated carbocycles. The van der Waals surface area contributed by atoms with E-state index >= 15 is 0 Å². The molecule has 2 N–H and O–H groups in total. The molecule has 0 radical (unpaired) electrons. The van der Waals surface area contributed by atoms with Crippen molar-refractivity contribution in [1.29, 1.82) is 0 Å². The minimum absolute atomic E-state index is 0.194. The molecule has 1 aliphatic rings. The van der Waals surface area contributed by atoms with E-state index in [1.54, 1.807) is 0 Å². The van der Waals surface area contributed by atoms with Crippen LogP contribution >= 0.6 is 0 Å². The lowest BCUT2D eigenvalue weighted by molar-refractivity contribution is 0.123. The summed E-state index contributed by atoms with van der Waals surface area (Å²) in [6.07, 6.45) is 0.786. The second-order valence-electron chi connectivity index (χ2n) is 4.47. The van der Waals surface area contributed by atoms with Crippen LogP contribution in [-0.2, 0) is 6.54 Å². The first kappa shape index (κ1) is 12.5. The zero-order valence-corrected chi connectivity index (χ0v) is 9.90. The fraction of sp³-hybridized carbons (Fsp3) is 0.538. The third kappa shape index (κ3) is 3.49. The Hall–Kier alpha value is -0.970. The summed E-state index contributed by atoms with van der Waals surface area (Å²) >= 11 is 0. The number of rotatable bonds is 4. The van der Waals surface area contributed by atoms with Gasteiger partial charge < -0.3 is 10.4 Å². The Morgan fingerprint density at radius 3 is 2.82 bits per heavy atom. The molecule has 0 aliphatic carbocycles. The molecule has 0 aromatic heterocycles. The number of hydrogen-bond acceptors (Lipinski definition) is 3. The minimum Gasteiger partial charge on any atom is -0.396 e. The van der Waals surface area contributed by atoms with Gasteiger partial charge in [-0.25, -0.2) is 4.39 Å². The van der Waals surface area contributed by atoms with E-state index < -0.39 is 0 Å². The highest BCUT2D eigenvalue weighted by molar-refractivity contribution is 5.16. The largest absolute Gasteiger partial charge is 0.396 e. The Kier molecular flexibility index (Phi) is 4.48. The van der Waals surface area contributed by atoms with E-state index in [1.165, 1.54) is 12.1 Å². The summed E-state index contributed by atoms with van der Waals surface area (Å²) in [5, 5.41) is 12.4. The monoisotopic (exact) mass is 238 g/mol. The number of nitrogens with one attached hydrogen (secondary N) is 1. The molecule has 1 atom stereocenters. The van der Waals surface area contributed by atoms with Gasteiger partial charge in [-0.1, -0.05) is 12.1 Å². The second kappa shape index (κ2) is 6.10. The fourth-order valence-electron chi connectivity index (χ4n) is 2.27. The molecule has 1 heterocycles. The van der Waals surface area contributed by atoms with Gasteiger partial charge >= 0.3 is 0 Å². The molecule has 3 nitrogen and oxygen atoms in total. The average Bonchev–Trinajstić information content (AvgIpc) is 2.35. The summed E-state index contributed by atoms with van der Waals surface area (Å²) in [6, 6.07) is 7.02. The molecule has 0 bridgehead atoms. The quantitative estimate of drug-likeness (QED) is 0.821. The van der Waals surface area contributed by atoms with E-state index in [4.69, 9.17) is 5.11 Å². The van der Waals surface area contributed by atoms with Crippen LogP contribution in [0.1, 0.15) is 12.0 Å². The lowest BCUT2D eigenvalue weighted by atomic mass is 10.1. The fourth-order valence-corrected chi connectivity index (χ4v) is 2.27. The first-order valence-electron chi connectivity index (χ1n) is 6.09. The molecule has 2 rings (SSSR count). The molecule has 1 aromatic rings. The Morgan fingerprint density at radius 2 is 2.12 bits per heavy atom. The highest BCUT2D eigenvalue weighted by atomic mass is 19.1. The minimum atomic E-state index is -0.194. The molecule has 94 valence electrons. The van der Waals surface area contributed by atoms with Crippen molar-refractivity contribution in [2.75, 3.05) is 26.2 Å². The normalized spacial score (nSPS) is 21.6. The number of hydrogen-bond donors (Lipinski definition) is 2. The molecule has 1 saturated heterocycles. The van der Waals surface area contributed by atoms with Gasteiger partial charge in [0.05, 0.1) is 0 Å². The van der Waals surface area contributed by atoms with Gasteiger partial charge in [0.25, 0.3) is 0 Å². The number of aliphatic hydroxyl groups excluding tert-OH is 1. The van der Waals surface area contributed by atoms with Crippen LogP contribution in [0.5, 0.6) is 0 Å². The zero-order chi connectivity index (χ0) is 12.1. The van der Waals surface area contributed by atoms with Gasteiger partial charge in [-0.3, -0.25) is 4.90 Å². The molecule has 1 unspecified atom stereocenters. The average molecular weight is 238 g/mol. The summed E-state index contributed by atoms with van der Waals surface area (Å²) in [5.41, 5.74) is 1.12. The number of benzene rings is 1. The topological polar surface area (TPSA) is 35.5 Å². The highest BCUT2D eigenvalue weighted by Gasteiger charge is 2.21. The lowest BCUT2D eigenvalue weighted by Gasteiger charge is -2.36. The Balaban J connectivity index is 1.97. The van der Waals surface area contributed by atoms with Gasteiger partial charge in [0.15, 0.2) is 0 Å². The molecule has 4 heteroatoms. The maximum absolute atomic E-state index is 12.8. The van der Waals surface area contributed by atoms with Crippen LogP contribution in [0.3, 0.4) is 0 Å². The van der Waals surface area contributed by atoms with E-state index in [-0.39, 0.29) is 12.4 Å². The smallest absolute Gasteiger partial charge is 0.123 e. The third-order valence-electron chi connectivity index (χ3n) is 3.23. The van der Waals surface area contributed by atoms with E-state index in [2.05, 4.69) is 10.2 Å². The maximum atomic E-state index is 12.8. The van der Waals surface area contributed by atoms with Gasteiger partial charge in [-0.2, -0.15) is 0 Å². The van der Waals surface area contributed by atoms with Crippen LogP contribution in [0.25, 0.3) is 0 Å². The van der Waals surface area contributed by atoms with Gasteiger partial charge in [0.1, 0.15) is 5.82 Å². The summed E-state index contributed by atoms with van der Waals surface area (Å²) in [4.78, 5) is 2.35. The van der Waals surface area contributed by atoms with Crippen LogP contribution in [-0.4, -0.2) is 42.3 Å². The molecule has 1 aromatic carbocycles. The predicted molar refractivity (Wildman–Crippen MR) is 65.2 cm³/mol. The zero-order valence-electron chi connectivity index (χ0n) is 9.90. The predicted octanol–water partition coefficient (Wildman–Crippen LogP) is 0.982. The van der Waals surface area contributed by atoms with Crippen molar-refractivity contribution in [2.45, 2.75) is 19.0 Å². The maximum Gasteiger partial charge on any atom is 0.123 e. The number of nitrogens with zero attached hydrogens (tertiary/aromatic N) is 1. The van der Waals surface area contributed by atoms with Crippen molar-refractivity contribution in [1.82, 2.24) is 10.2 Å². The standard InChI is InChI=1S/C13H19FN2O/c14-12-3-1-11(2-4-12)10-16-7-6-15-9-13(16)5-8-17/h1-4,13,15,17H,5-10H2. The summed E-state index contributed by atoms with van der Waals surface area (Å²) < 4.78 is 12.8. The van der Waals surface area contributed by atoms with Gasteiger partial charge in [-0.15, -0.1) is 0 Å². The van der Waals surface area contributed by atoms with Gasteiger partial charge in [0.2, 0.25) is 0 Å². The second-order valence-corrected chi connectivity index (χ2v) is 4.47. The van der Waals surface area contributed by atoms with Crippen molar-refractivity contribution in [3.63, 3.8) is 0 Å². The van der Waals surface area contributed by atoms with Crippen molar-refractivity contribution < 1.29 is 9.50 Å². The Morgan fingerprint density at radius 1 is 1.35 bits per heavy atom. The van der Waals surface area contributed by atoms with Crippen molar-refractivity contribution >= 4 is 0 Å². The number of piperazine rings is 1. The number of aliphatic hydroxyl groups is 1. The van der Waals surface area contributed by atoms with Crippen LogP contribution < -0.4 is 5.32 Å². The van der Waals surface area contributed by atoms with Crippen molar-refractivity contribution in [3.05, 3.63) is 35.6 Å². The van der Waals surface area contributed by atoms with Crippen molar-refractivity contribution in [2.24, 2.45) is 0 Å². The Labute approximate surface area is 101 Å². The molecule has 1 fully saturated rings. The van der Waals surface area contributed by atoms with Crippen LogP contribution in [0.15, 0.2) is 24.3 Å². The van der Waals surface area contributed by atoms with Crippen LogP contribution in [0.4, 0.5) is 4.39 Å². The van der Waals surface area contributed by atoms with E-state index in [0.29, 0.717) is 6.04 Å². The molecule has 0 spiro atoms. The van der Waals surface area contributed by atoms with Crippen LogP contribution in [0, 0.1) is 5.82 Å². The molecule has 0 amide bonds. The van der Waals surface area contributed by atoms with Gasteiger partial charge in [-0.05, 0) is 24.1 Å². The molecular weight excluding hydrogens is 219 g/mol. The first-order chi connectivity index (χ1) is 8.29. The van der Waals surface area contributed by atoms with Crippen LogP contribution in [0.2, 0.25) is 0 Å². The highest BCUT2D eigenvalue weighted by Crippen LogP contribution is 2.13. The van der Waals surface area contributed by atoms with Gasteiger partial charge in [0, 0.05) is 38.8 Å². The number of halogens is 1. The van der Waals surface area contributed by atoms with E-state index in [9.17, 15) is 4.39 Å². The molecule has 17 heavy (non-hydrogen) atoms. The summed E-state index contributed by atoms with van der Waals surface area (Å²) in [5.74, 6) is -0.194. The first-order valence-corrected chi connectivity index (χ1v) is 6.09. The SMILES string of the molecule is OCCC1CNCCN1Cc1ccc(F)cc1. The Bertz CT molecular complexity index is 340. The van der Waals surface area contributed by atoms with E-state index in [1.807, 2.05) is 12.1 Å². The third-order valence-corrected chi connectivity index (χ3v) is 3.23.